The van der Waals surface area contributed by atoms with Gasteiger partial charge in [0.15, 0.2) is 0 Å². The third kappa shape index (κ3) is 3.84. The van der Waals surface area contributed by atoms with Crippen molar-refractivity contribution >= 4 is 21.5 Å². The van der Waals surface area contributed by atoms with Gasteiger partial charge in [0, 0.05) is 24.5 Å². The van der Waals surface area contributed by atoms with Crippen LogP contribution in [-0.4, -0.2) is 32.2 Å². The topological polar surface area (TPSA) is 46.6 Å². The summed E-state index contributed by atoms with van der Waals surface area (Å²) in [6.07, 6.45) is 1.01. The van der Waals surface area contributed by atoms with Crippen molar-refractivity contribution in [1.29, 1.82) is 0 Å². The van der Waals surface area contributed by atoms with Crippen molar-refractivity contribution in [3.8, 4) is 5.75 Å². The Bertz CT molecular complexity index is 695. The average molecular weight is 323 g/mol. The fraction of sp³-hybridized carbons (Fsp3) is 0.333. The van der Waals surface area contributed by atoms with Gasteiger partial charge in [0.25, 0.3) is 0 Å². The number of para-hydroxylation sites is 1. The zero-order valence-electron chi connectivity index (χ0n) is 11.6. The molecule has 0 saturated carbocycles. The van der Waals surface area contributed by atoms with Crippen molar-refractivity contribution in [1.82, 2.24) is 4.90 Å². The second-order valence-corrected chi connectivity index (χ2v) is 7.74. The van der Waals surface area contributed by atoms with E-state index in [1.165, 1.54) is 10.4 Å². The maximum atomic E-state index is 12.0. The van der Waals surface area contributed by atoms with Crippen LogP contribution in [0.5, 0.6) is 5.75 Å². The predicted molar refractivity (Wildman–Crippen MR) is 84.2 cm³/mol. The van der Waals surface area contributed by atoms with E-state index in [0.29, 0.717) is 12.3 Å². The van der Waals surface area contributed by atoms with Gasteiger partial charge < -0.3 is 4.18 Å². The molecule has 0 radical (unpaired) electrons. The van der Waals surface area contributed by atoms with Gasteiger partial charge in [-0.3, -0.25) is 4.90 Å². The molecule has 0 fully saturated rings. The second kappa shape index (κ2) is 6.17. The molecular weight excluding hydrogens is 306 g/mol. The maximum Gasteiger partial charge on any atom is 0.310 e. The van der Waals surface area contributed by atoms with Gasteiger partial charge in [0.05, 0.1) is 5.75 Å². The second-order valence-electron chi connectivity index (χ2n) is 5.05. The highest BCUT2D eigenvalue weighted by atomic mass is 32.2. The summed E-state index contributed by atoms with van der Waals surface area (Å²) < 4.78 is 29.1. The minimum Gasteiger partial charge on any atom is -0.382 e. The van der Waals surface area contributed by atoms with Crippen LogP contribution in [-0.2, 0) is 23.1 Å². The zero-order chi connectivity index (χ0) is 14.7. The van der Waals surface area contributed by atoms with E-state index in [-0.39, 0.29) is 5.75 Å². The van der Waals surface area contributed by atoms with E-state index in [2.05, 4.69) is 16.3 Å². The Morgan fingerprint density at radius 2 is 2.00 bits per heavy atom. The van der Waals surface area contributed by atoms with Crippen molar-refractivity contribution in [2.24, 2.45) is 0 Å². The largest absolute Gasteiger partial charge is 0.382 e. The zero-order valence-corrected chi connectivity index (χ0v) is 13.2. The van der Waals surface area contributed by atoms with E-state index in [4.69, 9.17) is 4.18 Å². The summed E-state index contributed by atoms with van der Waals surface area (Å²) >= 11 is 1.78. The average Bonchev–Trinajstić information content (AvgIpc) is 2.93. The molecule has 0 aliphatic carbocycles. The fourth-order valence-electron chi connectivity index (χ4n) is 2.40. The summed E-state index contributed by atoms with van der Waals surface area (Å²) in [4.78, 5) is 3.59. The summed E-state index contributed by atoms with van der Waals surface area (Å²) in [7, 11) is -3.54. The van der Waals surface area contributed by atoms with Crippen LogP contribution < -0.4 is 4.18 Å². The summed E-state index contributed by atoms with van der Waals surface area (Å²) in [5, 5.41) is 2.10. The number of hydrogen-bond donors (Lipinski definition) is 0. The van der Waals surface area contributed by atoms with E-state index in [9.17, 15) is 8.42 Å². The Kier molecular flexibility index (Phi) is 4.28. The van der Waals surface area contributed by atoms with E-state index >= 15 is 0 Å². The van der Waals surface area contributed by atoms with Crippen LogP contribution >= 0.6 is 11.3 Å². The van der Waals surface area contributed by atoms with Crippen LogP contribution in [0.2, 0.25) is 0 Å². The Morgan fingerprint density at radius 3 is 2.81 bits per heavy atom. The van der Waals surface area contributed by atoms with Crippen LogP contribution in [0.25, 0.3) is 0 Å². The first-order valence-electron chi connectivity index (χ1n) is 6.87. The van der Waals surface area contributed by atoms with Gasteiger partial charge in [0.1, 0.15) is 5.75 Å². The smallest absolute Gasteiger partial charge is 0.310 e. The lowest BCUT2D eigenvalue weighted by molar-refractivity contribution is 0.269. The van der Waals surface area contributed by atoms with Crippen LogP contribution in [0.4, 0.5) is 0 Å². The number of rotatable bonds is 5. The SMILES string of the molecule is O=S(=O)(CCN1CCc2sccc2C1)Oc1ccccc1. The summed E-state index contributed by atoms with van der Waals surface area (Å²) in [6.45, 7) is 2.25. The number of fused-ring (bicyclic) bond motifs is 1. The first kappa shape index (κ1) is 14.6. The number of thiophene rings is 1. The van der Waals surface area contributed by atoms with Gasteiger partial charge in [-0.05, 0) is 35.6 Å². The lowest BCUT2D eigenvalue weighted by Gasteiger charge is -2.26. The molecule has 21 heavy (non-hydrogen) atoms. The Morgan fingerprint density at radius 1 is 1.19 bits per heavy atom. The molecule has 2 aromatic rings. The monoisotopic (exact) mass is 323 g/mol. The third-order valence-electron chi connectivity index (χ3n) is 3.51. The predicted octanol–water partition coefficient (Wildman–Crippen LogP) is 2.52. The Hall–Kier alpha value is -1.37. The molecule has 1 aliphatic rings. The van der Waals surface area contributed by atoms with Crippen molar-refractivity contribution in [2.45, 2.75) is 13.0 Å². The van der Waals surface area contributed by atoms with Crippen molar-refractivity contribution < 1.29 is 12.6 Å². The Balaban J connectivity index is 1.55. The molecule has 0 unspecified atom stereocenters. The molecule has 0 spiro atoms. The molecule has 0 N–H and O–H groups in total. The number of nitrogens with zero attached hydrogens (tertiary/aromatic N) is 1. The summed E-state index contributed by atoms with van der Waals surface area (Å²) in [5.41, 5.74) is 1.33. The van der Waals surface area contributed by atoms with Gasteiger partial charge in [-0.1, -0.05) is 18.2 Å². The van der Waals surface area contributed by atoms with Gasteiger partial charge in [-0.2, -0.15) is 8.42 Å². The molecule has 1 aromatic heterocycles. The molecule has 0 amide bonds. The van der Waals surface area contributed by atoms with Crippen molar-refractivity contribution in [2.75, 3.05) is 18.8 Å². The van der Waals surface area contributed by atoms with E-state index in [1.807, 2.05) is 6.07 Å². The molecule has 1 aromatic carbocycles. The highest BCUT2D eigenvalue weighted by molar-refractivity contribution is 7.87. The van der Waals surface area contributed by atoms with E-state index < -0.39 is 10.1 Å². The van der Waals surface area contributed by atoms with E-state index in [0.717, 1.165) is 19.5 Å². The minimum absolute atomic E-state index is 0.0152. The lowest BCUT2D eigenvalue weighted by atomic mass is 10.1. The van der Waals surface area contributed by atoms with Crippen molar-refractivity contribution in [3.05, 3.63) is 52.2 Å². The quantitative estimate of drug-likeness (QED) is 0.793. The Labute approximate surface area is 129 Å². The normalized spacial score (nSPS) is 15.6. The van der Waals surface area contributed by atoms with Gasteiger partial charge in [0.2, 0.25) is 0 Å². The number of benzene rings is 1. The van der Waals surface area contributed by atoms with Crippen LogP contribution in [0.1, 0.15) is 10.4 Å². The standard InChI is InChI=1S/C15H17NO3S2/c17-21(18,19-14-4-2-1-3-5-14)11-9-16-8-6-15-13(12-16)7-10-20-15/h1-5,7,10H,6,8-9,11-12H2. The number of hydrogen-bond acceptors (Lipinski definition) is 5. The first-order valence-corrected chi connectivity index (χ1v) is 9.33. The molecule has 112 valence electrons. The fourth-order valence-corrected chi connectivity index (χ4v) is 4.26. The molecule has 0 atom stereocenters. The van der Waals surface area contributed by atoms with Gasteiger partial charge >= 0.3 is 10.1 Å². The van der Waals surface area contributed by atoms with E-state index in [1.54, 1.807) is 35.6 Å². The van der Waals surface area contributed by atoms with Crippen molar-refractivity contribution in [3.63, 3.8) is 0 Å². The highest BCUT2D eigenvalue weighted by Gasteiger charge is 2.20. The molecule has 0 saturated heterocycles. The molecule has 3 rings (SSSR count). The maximum absolute atomic E-state index is 12.0. The molecule has 4 nitrogen and oxygen atoms in total. The van der Waals surface area contributed by atoms with Crippen LogP contribution in [0.15, 0.2) is 41.8 Å². The minimum atomic E-state index is -3.54. The third-order valence-corrected chi connectivity index (χ3v) is 5.66. The molecule has 1 aliphatic heterocycles. The first-order chi connectivity index (χ1) is 10.1. The van der Waals surface area contributed by atoms with Gasteiger partial charge in [-0.25, -0.2) is 0 Å². The molecule has 0 bridgehead atoms. The molecular formula is C15H17NO3S2. The van der Waals surface area contributed by atoms with Gasteiger partial charge in [-0.15, -0.1) is 11.3 Å². The molecule has 2 heterocycles. The summed E-state index contributed by atoms with van der Waals surface area (Å²) in [5.74, 6) is 0.387. The van der Waals surface area contributed by atoms with Crippen LogP contribution in [0.3, 0.4) is 0 Å². The lowest BCUT2D eigenvalue weighted by Crippen LogP contribution is -2.34. The highest BCUT2D eigenvalue weighted by Crippen LogP contribution is 2.23. The summed E-state index contributed by atoms with van der Waals surface area (Å²) in [6, 6.07) is 10.8. The molecule has 6 heteroatoms. The van der Waals surface area contributed by atoms with Crippen LogP contribution in [0, 0.1) is 0 Å².